The first kappa shape index (κ1) is 9.72. The highest BCUT2D eigenvalue weighted by Gasteiger charge is 2.18. The molecule has 0 bridgehead atoms. The smallest absolute Gasteiger partial charge is 0.0323 e. The minimum absolute atomic E-state index is 0.611. The van der Waals surface area contributed by atoms with E-state index in [9.17, 15) is 0 Å². The molecule has 1 aliphatic rings. The van der Waals surface area contributed by atoms with Gasteiger partial charge in [-0.05, 0) is 43.4 Å². The normalized spacial score (nSPS) is 20.5. The van der Waals surface area contributed by atoms with E-state index in [1.165, 1.54) is 31.2 Å². The van der Waals surface area contributed by atoms with Crippen LogP contribution in [0.4, 0.5) is 0 Å². The lowest BCUT2D eigenvalue weighted by molar-refractivity contribution is 0.460. The number of benzene rings is 1. The zero-order valence-corrected chi connectivity index (χ0v) is 8.92. The molecule has 1 aliphatic carbocycles. The van der Waals surface area contributed by atoms with Gasteiger partial charge in [-0.1, -0.05) is 31.2 Å². The Bertz CT molecular complexity index is 293. The van der Waals surface area contributed by atoms with Gasteiger partial charge in [0.15, 0.2) is 0 Å². The van der Waals surface area contributed by atoms with Crippen LogP contribution in [0, 0.1) is 0 Å². The summed E-state index contributed by atoms with van der Waals surface area (Å²) >= 11 is 0. The summed E-state index contributed by atoms with van der Waals surface area (Å²) in [6, 6.07) is 9.47. The fraction of sp³-hybridized carbons (Fsp3) is 0.538. The quantitative estimate of drug-likeness (QED) is 0.770. The van der Waals surface area contributed by atoms with E-state index >= 15 is 0 Å². The largest absolute Gasteiger partial charge is 0.310 e. The minimum atomic E-state index is 0.611. The summed E-state index contributed by atoms with van der Waals surface area (Å²) in [5.74, 6) is 0. The van der Waals surface area contributed by atoms with Crippen LogP contribution < -0.4 is 5.32 Å². The molecule has 1 atom stereocenters. The van der Waals surface area contributed by atoms with E-state index in [4.69, 9.17) is 0 Å². The van der Waals surface area contributed by atoms with Crippen molar-refractivity contribution in [1.29, 1.82) is 0 Å². The third-order valence-electron chi connectivity index (χ3n) is 3.01. The van der Waals surface area contributed by atoms with Gasteiger partial charge in [0.25, 0.3) is 0 Å². The van der Waals surface area contributed by atoms with E-state index in [2.05, 4.69) is 36.5 Å². The van der Waals surface area contributed by atoms with Gasteiger partial charge in [-0.15, -0.1) is 0 Å². The lowest BCUT2D eigenvalue weighted by atomic mass is 9.88. The Morgan fingerprint density at radius 1 is 1.36 bits per heavy atom. The number of hydrogen-bond acceptors (Lipinski definition) is 1. The molecular formula is C13H19N. The van der Waals surface area contributed by atoms with Crippen LogP contribution >= 0.6 is 0 Å². The second-order valence-electron chi connectivity index (χ2n) is 4.10. The summed E-state index contributed by atoms with van der Waals surface area (Å²) in [5.41, 5.74) is 3.08. The van der Waals surface area contributed by atoms with Crippen molar-refractivity contribution in [3.63, 3.8) is 0 Å². The molecule has 1 N–H and O–H groups in total. The van der Waals surface area contributed by atoms with Gasteiger partial charge >= 0.3 is 0 Å². The molecule has 0 fully saturated rings. The molecule has 1 nitrogen and oxygen atoms in total. The van der Waals surface area contributed by atoms with Crippen LogP contribution in [0.2, 0.25) is 0 Å². The average Bonchev–Trinajstić information content (AvgIpc) is 2.26. The molecule has 1 aromatic rings. The zero-order chi connectivity index (χ0) is 9.80. The molecule has 76 valence electrons. The molecule has 1 aromatic carbocycles. The SMILES string of the molecule is CCCNC1CCCc2ccccc21. The van der Waals surface area contributed by atoms with Crippen LogP contribution in [-0.4, -0.2) is 6.54 Å². The predicted octanol–water partition coefficient (Wildman–Crippen LogP) is 3.06. The fourth-order valence-electron chi connectivity index (χ4n) is 2.28. The van der Waals surface area contributed by atoms with Gasteiger partial charge in [0.1, 0.15) is 0 Å². The summed E-state index contributed by atoms with van der Waals surface area (Å²) < 4.78 is 0. The summed E-state index contributed by atoms with van der Waals surface area (Å²) in [4.78, 5) is 0. The third-order valence-corrected chi connectivity index (χ3v) is 3.01. The molecule has 1 unspecified atom stereocenters. The molecule has 0 aromatic heterocycles. The topological polar surface area (TPSA) is 12.0 Å². The maximum absolute atomic E-state index is 3.63. The lowest BCUT2D eigenvalue weighted by Crippen LogP contribution is -2.25. The molecule has 0 aliphatic heterocycles. The molecular weight excluding hydrogens is 170 g/mol. The van der Waals surface area contributed by atoms with Crippen molar-refractivity contribution in [3.05, 3.63) is 35.4 Å². The molecule has 1 heteroatoms. The minimum Gasteiger partial charge on any atom is -0.310 e. The van der Waals surface area contributed by atoms with Crippen molar-refractivity contribution in [2.75, 3.05) is 6.54 Å². The highest BCUT2D eigenvalue weighted by atomic mass is 14.9. The van der Waals surface area contributed by atoms with Crippen molar-refractivity contribution in [2.45, 2.75) is 38.6 Å². The average molecular weight is 189 g/mol. The summed E-state index contributed by atoms with van der Waals surface area (Å²) in [6.45, 7) is 3.36. The van der Waals surface area contributed by atoms with Gasteiger partial charge in [-0.25, -0.2) is 0 Å². The number of aryl methyl sites for hydroxylation is 1. The fourth-order valence-corrected chi connectivity index (χ4v) is 2.28. The van der Waals surface area contributed by atoms with E-state index < -0.39 is 0 Å². The van der Waals surface area contributed by atoms with Gasteiger partial charge in [-0.2, -0.15) is 0 Å². The molecule has 14 heavy (non-hydrogen) atoms. The van der Waals surface area contributed by atoms with Gasteiger partial charge in [0, 0.05) is 6.04 Å². The molecule has 0 spiro atoms. The van der Waals surface area contributed by atoms with Crippen molar-refractivity contribution in [1.82, 2.24) is 5.32 Å². The molecule has 0 amide bonds. The van der Waals surface area contributed by atoms with E-state index in [1.807, 2.05) is 0 Å². The third kappa shape index (κ3) is 1.98. The summed E-state index contributed by atoms with van der Waals surface area (Å²) in [6.07, 6.45) is 5.12. The summed E-state index contributed by atoms with van der Waals surface area (Å²) in [7, 11) is 0. The first-order valence-electron chi connectivity index (χ1n) is 5.73. The maximum atomic E-state index is 3.63. The first-order valence-corrected chi connectivity index (χ1v) is 5.73. The van der Waals surface area contributed by atoms with Crippen LogP contribution in [0.1, 0.15) is 43.4 Å². The Morgan fingerprint density at radius 3 is 3.07 bits per heavy atom. The Morgan fingerprint density at radius 2 is 2.21 bits per heavy atom. The van der Waals surface area contributed by atoms with E-state index in [0.717, 1.165) is 6.54 Å². The maximum Gasteiger partial charge on any atom is 0.0323 e. The molecule has 0 heterocycles. The highest BCUT2D eigenvalue weighted by molar-refractivity contribution is 5.32. The number of hydrogen-bond donors (Lipinski definition) is 1. The van der Waals surface area contributed by atoms with Gasteiger partial charge in [-0.3, -0.25) is 0 Å². The first-order chi connectivity index (χ1) is 6.92. The van der Waals surface area contributed by atoms with Gasteiger partial charge < -0.3 is 5.32 Å². The van der Waals surface area contributed by atoms with Gasteiger partial charge in [0.2, 0.25) is 0 Å². The van der Waals surface area contributed by atoms with Crippen molar-refractivity contribution >= 4 is 0 Å². The van der Waals surface area contributed by atoms with E-state index in [1.54, 1.807) is 5.56 Å². The van der Waals surface area contributed by atoms with Crippen LogP contribution in [0.15, 0.2) is 24.3 Å². The standard InChI is InChI=1S/C13H19N/c1-2-10-14-13-9-5-7-11-6-3-4-8-12(11)13/h3-4,6,8,13-14H,2,5,7,9-10H2,1H3. The lowest BCUT2D eigenvalue weighted by Gasteiger charge is -2.26. The van der Waals surface area contributed by atoms with Gasteiger partial charge in [0.05, 0.1) is 0 Å². The Balaban J connectivity index is 2.14. The Kier molecular flexibility index (Phi) is 3.20. The van der Waals surface area contributed by atoms with E-state index in [0.29, 0.717) is 6.04 Å². The zero-order valence-electron chi connectivity index (χ0n) is 8.92. The van der Waals surface area contributed by atoms with Crippen LogP contribution in [-0.2, 0) is 6.42 Å². The number of fused-ring (bicyclic) bond motifs is 1. The second kappa shape index (κ2) is 4.61. The van der Waals surface area contributed by atoms with Crippen LogP contribution in [0.25, 0.3) is 0 Å². The van der Waals surface area contributed by atoms with E-state index in [-0.39, 0.29) is 0 Å². The molecule has 0 saturated carbocycles. The van der Waals surface area contributed by atoms with Crippen LogP contribution in [0.5, 0.6) is 0 Å². The molecule has 2 rings (SSSR count). The highest BCUT2D eigenvalue weighted by Crippen LogP contribution is 2.29. The molecule has 0 radical (unpaired) electrons. The second-order valence-corrected chi connectivity index (χ2v) is 4.10. The Labute approximate surface area is 86.5 Å². The number of nitrogens with one attached hydrogen (secondary N) is 1. The molecule has 0 saturated heterocycles. The number of rotatable bonds is 3. The van der Waals surface area contributed by atoms with Crippen molar-refractivity contribution in [3.8, 4) is 0 Å². The van der Waals surface area contributed by atoms with Crippen LogP contribution in [0.3, 0.4) is 0 Å². The predicted molar refractivity (Wildman–Crippen MR) is 60.4 cm³/mol. The Hall–Kier alpha value is -0.820. The summed E-state index contributed by atoms with van der Waals surface area (Å²) in [5, 5.41) is 3.63. The van der Waals surface area contributed by atoms with Crippen molar-refractivity contribution < 1.29 is 0 Å². The van der Waals surface area contributed by atoms with Crippen molar-refractivity contribution in [2.24, 2.45) is 0 Å². The monoisotopic (exact) mass is 189 g/mol.